The van der Waals surface area contributed by atoms with E-state index in [1.54, 1.807) is 0 Å². The Kier molecular flexibility index (Phi) is 2.63. The lowest BCUT2D eigenvalue weighted by Crippen LogP contribution is -2.44. The SMILES string of the molecule is O=C1OCC(O)C(O)C(O)C1O. The highest BCUT2D eigenvalue weighted by Crippen LogP contribution is 2.11. The molecule has 0 aliphatic carbocycles. The quantitative estimate of drug-likeness (QED) is 0.294. The van der Waals surface area contributed by atoms with Crippen LogP contribution in [0.25, 0.3) is 0 Å². The van der Waals surface area contributed by atoms with Crippen molar-refractivity contribution in [1.82, 2.24) is 0 Å². The minimum absolute atomic E-state index is 0.422. The molecule has 6 nitrogen and oxygen atoms in total. The standard InChI is InChI=1S/C6H10O6/c7-2-1-12-6(11)5(10)4(9)3(2)8/h2-5,7-10H,1H2. The van der Waals surface area contributed by atoms with Gasteiger partial charge in [0.25, 0.3) is 0 Å². The lowest BCUT2D eigenvalue weighted by Gasteiger charge is -2.18. The lowest BCUT2D eigenvalue weighted by molar-refractivity contribution is -0.158. The molecule has 4 unspecified atom stereocenters. The van der Waals surface area contributed by atoms with Gasteiger partial charge in [-0.05, 0) is 0 Å². The highest BCUT2D eigenvalue weighted by atomic mass is 16.6. The van der Waals surface area contributed by atoms with Crippen LogP contribution in [0.3, 0.4) is 0 Å². The highest BCUT2D eigenvalue weighted by molar-refractivity contribution is 5.75. The fraction of sp³-hybridized carbons (Fsp3) is 0.833. The summed E-state index contributed by atoms with van der Waals surface area (Å²) in [6.45, 7) is -0.422. The van der Waals surface area contributed by atoms with Gasteiger partial charge in [-0.1, -0.05) is 0 Å². The number of carbonyl (C=O) groups excluding carboxylic acids is 1. The molecule has 1 rings (SSSR count). The summed E-state index contributed by atoms with van der Waals surface area (Å²) in [5, 5.41) is 35.9. The zero-order valence-corrected chi connectivity index (χ0v) is 6.12. The summed E-state index contributed by atoms with van der Waals surface area (Å²) in [6, 6.07) is 0. The largest absolute Gasteiger partial charge is 0.461 e. The van der Waals surface area contributed by atoms with E-state index in [-0.39, 0.29) is 0 Å². The molecule has 4 N–H and O–H groups in total. The number of hydrogen-bond donors (Lipinski definition) is 4. The second-order valence-electron chi connectivity index (χ2n) is 2.62. The second kappa shape index (κ2) is 3.36. The zero-order chi connectivity index (χ0) is 9.30. The Labute approximate surface area is 68.0 Å². The van der Waals surface area contributed by atoms with Crippen LogP contribution in [-0.4, -0.2) is 57.4 Å². The number of carbonyl (C=O) groups is 1. The average Bonchev–Trinajstić information content (AvgIpc) is 2.14. The van der Waals surface area contributed by atoms with E-state index in [2.05, 4.69) is 4.74 Å². The predicted octanol–water partition coefficient (Wildman–Crippen LogP) is -3.01. The third kappa shape index (κ3) is 1.56. The lowest BCUT2D eigenvalue weighted by atomic mass is 10.1. The molecule has 0 saturated carbocycles. The van der Waals surface area contributed by atoms with E-state index < -0.39 is 37.0 Å². The van der Waals surface area contributed by atoms with Crippen LogP contribution in [0, 0.1) is 0 Å². The maximum atomic E-state index is 10.7. The number of rotatable bonds is 0. The van der Waals surface area contributed by atoms with Crippen LogP contribution in [-0.2, 0) is 9.53 Å². The topological polar surface area (TPSA) is 107 Å². The van der Waals surface area contributed by atoms with Crippen molar-refractivity contribution in [2.24, 2.45) is 0 Å². The van der Waals surface area contributed by atoms with Gasteiger partial charge in [-0.15, -0.1) is 0 Å². The van der Waals surface area contributed by atoms with E-state index in [1.165, 1.54) is 0 Å². The molecule has 70 valence electrons. The van der Waals surface area contributed by atoms with Gasteiger partial charge in [0, 0.05) is 0 Å². The molecular formula is C6H10O6. The second-order valence-corrected chi connectivity index (χ2v) is 2.62. The van der Waals surface area contributed by atoms with Crippen molar-refractivity contribution in [1.29, 1.82) is 0 Å². The molecule has 0 aromatic heterocycles. The molecule has 1 saturated heterocycles. The summed E-state index contributed by atoms with van der Waals surface area (Å²) in [4.78, 5) is 10.7. The fourth-order valence-corrected chi connectivity index (χ4v) is 0.905. The van der Waals surface area contributed by atoms with Crippen molar-refractivity contribution in [3.05, 3.63) is 0 Å². The summed E-state index contributed by atoms with van der Waals surface area (Å²) in [5.41, 5.74) is 0. The maximum absolute atomic E-state index is 10.7. The monoisotopic (exact) mass is 178 g/mol. The van der Waals surface area contributed by atoms with Crippen LogP contribution in [0.4, 0.5) is 0 Å². The Morgan fingerprint density at radius 3 is 2.33 bits per heavy atom. The molecule has 0 radical (unpaired) electrons. The molecular weight excluding hydrogens is 168 g/mol. The van der Waals surface area contributed by atoms with Gasteiger partial charge < -0.3 is 25.2 Å². The Morgan fingerprint density at radius 1 is 1.17 bits per heavy atom. The molecule has 6 heteroatoms. The first-order chi connectivity index (χ1) is 5.54. The molecule has 0 aromatic carbocycles. The molecule has 4 atom stereocenters. The smallest absolute Gasteiger partial charge is 0.337 e. The molecule has 1 aliphatic heterocycles. The number of ether oxygens (including phenoxy) is 1. The first-order valence-electron chi connectivity index (χ1n) is 3.43. The summed E-state index contributed by atoms with van der Waals surface area (Å²) in [6.07, 6.45) is -6.42. The molecule has 0 aromatic rings. The van der Waals surface area contributed by atoms with E-state index in [4.69, 9.17) is 20.4 Å². The van der Waals surface area contributed by atoms with E-state index in [9.17, 15) is 4.79 Å². The minimum Gasteiger partial charge on any atom is -0.461 e. The predicted molar refractivity (Wildman–Crippen MR) is 35.0 cm³/mol. The Morgan fingerprint density at radius 2 is 1.75 bits per heavy atom. The van der Waals surface area contributed by atoms with Gasteiger partial charge in [0.05, 0.1) is 0 Å². The first kappa shape index (κ1) is 9.40. The first-order valence-corrected chi connectivity index (χ1v) is 3.43. The fourth-order valence-electron chi connectivity index (χ4n) is 0.905. The molecule has 0 bridgehead atoms. The van der Waals surface area contributed by atoms with Crippen LogP contribution < -0.4 is 0 Å². The highest BCUT2D eigenvalue weighted by Gasteiger charge is 2.39. The zero-order valence-electron chi connectivity index (χ0n) is 6.12. The van der Waals surface area contributed by atoms with Crippen molar-refractivity contribution in [3.63, 3.8) is 0 Å². The maximum Gasteiger partial charge on any atom is 0.337 e. The van der Waals surface area contributed by atoms with Gasteiger partial charge in [-0.2, -0.15) is 0 Å². The molecule has 12 heavy (non-hydrogen) atoms. The van der Waals surface area contributed by atoms with Crippen molar-refractivity contribution in [2.75, 3.05) is 6.61 Å². The van der Waals surface area contributed by atoms with Crippen molar-refractivity contribution >= 4 is 5.97 Å². The van der Waals surface area contributed by atoms with Crippen LogP contribution in [0.15, 0.2) is 0 Å². The number of aliphatic hydroxyl groups is 4. The summed E-state index contributed by atoms with van der Waals surface area (Å²) >= 11 is 0. The summed E-state index contributed by atoms with van der Waals surface area (Å²) < 4.78 is 4.31. The van der Waals surface area contributed by atoms with Gasteiger partial charge in [-0.3, -0.25) is 0 Å². The molecule has 1 heterocycles. The van der Waals surface area contributed by atoms with Gasteiger partial charge in [-0.25, -0.2) is 4.79 Å². The third-order valence-corrected chi connectivity index (χ3v) is 1.71. The Hall–Kier alpha value is -0.690. The van der Waals surface area contributed by atoms with Crippen LogP contribution in [0.1, 0.15) is 0 Å². The minimum atomic E-state index is -1.79. The third-order valence-electron chi connectivity index (χ3n) is 1.71. The van der Waals surface area contributed by atoms with Crippen molar-refractivity contribution < 1.29 is 30.0 Å². The van der Waals surface area contributed by atoms with E-state index >= 15 is 0 Å². The number of aliphatic hydroxyl groups excluding tert-OH is 4. The molecule has 1 aliphatic rings. The molecule has 0 spiro atoms. The normalized spacial score (nSPS) is 43.5. The number of esters is 1. The summed E-state index contributed by atoms with van der Waals surface area (Å²) in [7, 11) is 0. The van der Waals surface area contributed by atoms with Crippen molar-refractivity contribution in [2.45, 2.75) is 24.4 Å². The van der Waals surface area contributed by atoms with Crippen LogP contribution >= 0.6 is 0 Å². The number of cyclic esters (lactones) is 1. The van der Waals surface area contributed by atoms with Gasteiger partial charge >= 0.3 is 5.97 Å². The van der Waals surface area contributed by atoms with Gasteiger partial charge in [0.2, 0.25) is 0 Å². The van der Waals surface area contributed by atoms with Crippen molar-refractivity contribution in [3.8, 4) is 0 Å². The molecule has 1 fully saturated rings. The van der Waals surface area contributed by atoms with Crippen LogP contribution in [0.5, 0.6) is 0 Å². The van der Waals surface area contributed by atoms with E-state index in [0.29, 0.717) is 0 Å². The molecule has 0 amide bonds. The van der Waals surface area contributed by atoms with E-state index in [0.717, 1.165) is 0 Å². The summed E-state index contributed by atoms with van der Waals surface area (Å²) in [5.74, 6) is -1.04. The van der Waals surface area contributed by atoms with Gasteiger partial charge in [0.15, 0.2) is 6.10 Å². The Balaban J connectivity index is 2.75. The average molecular weight is 178 g/mol. The van der Waals surface area contributed by atoms with Crippen LogP contribution in [0.2, 0.25) is 0 Å². The van der Waals surface area contributed by atoms with E-state index in [1.807, 2.05) is 0 Å². The Bertz CT molecular complexity index is 181. The number of hydrogen-bond acceptors (Lipinski definition) is 6. The van der Waals surface area contributed by atoms with Gasteiger partial charge in [0.1, 0.15) is 24.9 Å².